The van der Waals surface area contributed by atoms with Crippen LogP contribution >= 0.6 is 11.3 Å². The second-order valence-corrected chi connectivity index (χ2v) is 8.43. The first kappa shape index (κ1) is 16.4. The van der Waals surface area contributed by atoms with E-state index in [1.165, 1.54) is 11.3 Å². The van der Waals surface area contributed by atoms with E-state index in [1.807, 2.05) is 37.3 Å². The van der Waals surface area contributed by atoms with Crippen molar-refractivity contribution in [3.63, 3.8) is 0 Å². The van der Waals surface area contributed by atoms with Crippen LogP contribution in [0.5, 0.6) is 0 Å². The van der Waals surface area contributed by atoms with Gasteiger partial charge in [-0.25, -0.2) is 13.1 Å². The van der Waals surface area contributed by atoms with E-state index in [4.69, 9.17) is 0 Å². The predicted molar refractivity (Wildman–Crippen MR) is 88.1 cm³/mol. The number of rotatable bonds is 7. The zero-order chi connectivity index (χ0) is 15.5. The van der Waals surface area contributed by atoms with Crippen molar-refractivity contribution in [3.8, 4) is 0 Å². The van der Waals surface area contributed by atoms with Crippen LogP contribution in [0.4, 0.5) is 0 Å². The highest BCUT2D eigenvalue weighted by molar-refractivity contribution is 7.89. The number of sulfonamides is 1. The van der Waals surface area contributed by atoms with Crippen molar-refractivity contribution in [1.82, 2.24) is 4.72 Å². The molecule has 1 aromatic carbocycles. The van der Waals surface area contributed by atoms with Crippen molar-refractivity contribution in [2.75, 3.05) is 12.3 Å². The minimum atomic E-state index is -3.32. The van der Waals surface area contributed by atoms with Gasteiger partial charge in [0, 0.05) is 16.1 Å². The molecule has 116 valence electrons. The molecule has 0 aliphatic carbocycles. The van der Waals surface area contributed by atoms with Crippen molar-refractivity contribution < 1.29 is 13.5 Å². The molecule has 0 bridgehead atoms. The smallest absolute Gasteiger partial charge is 0.211 e. The SMILES string of the molecule is CCCCS(=O)(=O)NCC(C)(O)c1cc2ccccc2s1. The molecule has 0 amide bonds. The molecule has 1 heterocycles. The molecule has 6 heteroatoms. The van der Waals surface area contributed by atoms with Gasteiger partial charge in [0.15, 0.2) is 0 Å². The molecule has 0 radical (unpaired) electrons. The van der Waals surface area contributed by atoms with E-state index in [1.54, 1.807) is 6.92 Å². The molecule has 0 aliphatic rings. The van der Waals surface area contributed by atoms with Crippen molar-refractivity contribution >= 4 is 31.4 Å². The lowest BCUT2D eigenvalue weighted by Crippen LogP contribution is -2.39. The summed E-state index contributed by atoms with van der Waals surface area (Å²) in [7, 11) is -3.32. The topological polar surface area (TPSA) is 66.4 Å². The minimum absolute atomic E-state index is 0.00807. The summed E-state index contributed by atoms with van der Waals surface area (Å²) in [5, 5.41) is 11.6. The first-order valence-electron chi connectivity index (χ1n) is 7.03. The molecular formula is C15H21NO3S2. The lowest BCUT2D eigenvalue weighted by molar-refractivity contribution is 0.0666. The molecule has 0 saturated carbocycles. The average Bonchev–Trinajstić information content (AvgIpc) is 2.88. The third-order valence-corrected chi connectivity index (χ3v) is 6.14. The Morgan fingerprint density at radius 1 is 1.33 bits per heavy atom. The van der Waals surface area contributed by atoms with E-state index in [2.05, 4.69) is 4.72 Å². The standard InChI is InChI=1S/C15H21NO3S2/c1-3-4-9-21(18,19)16-11-15(2,17)14-10-12-7-5-6-8-13(12)20-14/h5-8,10,16-17H,3-4,9,11H2,1-2H3. The molecular weight excluding hydrogens is 306 g/mol. The van der Waals surface area contributed by atoms with Crippen LogP contribution in [0, 0.1) is 0 Å². The Hall–Kier alpha value is -0.950. The second kappa shape index (κ2) is 6.44. The summed E-state index contributed by atoms with van der Waals surface area (Å²) < 4.78 is 27.2. The number of aliphatic hydroxyl groups is 1. The van der Waals surface area contributed by atoms with Crippen molar-refractivity contribution in [1.29, 1.82) is 0 Å². The Morgan fingerprint density at radius 3 is 2.71 bits per heavy atom. The lowest BCUT2D eigenvalue weighted by atomic mass is 10.1. The average molecular weight is 327 g/mol. The van der Waals surface area contributed by atoms with Gasteiger partial charge in [0.05, 0.1) is 5.75 Å². The van der Waals surface area contributed by atoms with Crippen LogP contribution < -0.4 is 4.72 Å². The Kier molecular flexibility index (Phi) is 5.03. The fourth-order valence-electron chi connectivity index (χ4n) is 1.99. The number of hydrogen-bond acceptors (Lipinski definition) is 4. The monoisotopic (exact) mass is 327 g/mol. The van der Waals surface area contributed by atoms with Gasteiger partial charge in [-0.3, -0.25) is 0 Å². The molecule has 0 saturated heterocycles. The van der Waals surface area contributed by atoms with Gasteiger partial charge in [0.2, 0.25) is 10.0 Å². The van der Waals surface area contributed by atoms with Gasteiger partial charge in [0.1, 0.15) is 5.60 Å². The van der Waals surface area contributed by atoms with Crippen LogP contribution in [0.1, 0.15) is 31.6 Å². The third-order valence-electron chi connectivity index (χ3n) is 3.36. The predicted octanol–water partition coefficient (Wildman–Crippen LogP) is 2.83. The number of nitrogens with one attached hydrogen (secondary N) is 1. The lowest BCUT2D eigenvalue weighted by Gasteiger charge is -2.22. The number of hydrogen-bond donors (Lipinski definition) is 2. The van der Waals surface area contributed by atoms with Crippen molar-refractivity contribution in [2.45, 2.75) is 32.3 Å². The Morgan fingerprint density at radius 2 is 2.05 bits per heavy atom. The van der Waals surface area contributed by atoms with Crippen molar-refractivity contribution in [2.24, 2.45) is 0 Å². The molecule has 1 aromatic heterocycles. The number of thiophene rings is 1. The third kappa shape index (κ3) is 4.26. The quantitative estimate of drug-likeness (QED) is 0.822. The zero-order valence-corrected chi connectivity index (χ0v) is 13.9. The molecule has 2 N–H and O–H groups in total. The summed E-state index contributed by atoms with van der Waals surface area (Å²) in [6.07, 6.45) is 1.45. The molecule has 4 nitrogen and oxygen atoms in total. The highest BCUT2D eigenvalue weighted by Crippen LogP contribution is 2.32. The fraction of sp³-hybridized carbons (Fsp3) is 0.467. The minimum Gasteiger partial charge on any atom is -0.383 e. The van der Waals surface area contributed by atoms with E-state index < -0.39 is 15.6 Å². The normalized spacial score (nSPS) is 15.2. The van der Waals surface area contributed by atoms with Gasteiger partial charge in [-0.15, -0.1) is 11.3 Å². The summed E-state index contributed by atoms with van der Waals surface area (Å²) in [4.78, 5) is 0.766. The highest BCUT2D eigenvalue weighted by Gasteiger charge is 2.27. The number of fused-ring (bicyclic) bond motifs is 1. The molecule has 0 aliphatic heterocycles. The summed E-state index contributed by atoms with van der Waals surface area (Å²) in [5.41, 5.74) is -1.21. The first-order chi connectivity index (χ1) is 9.84. The van der Waals surface area contributed by atoms with Gasteiger partial charge < -0.3 is 5.11 Å². The number of benzene rings is 1. The first-order valence-corrected chi connectivity index (χ1v) is 9.50. The number of unbranched alkanes of at least 4 members (excludes halogenated alkanes) is 1. The molecule has 21 heavy (non-hydrogen) atoms. The summed E-state index contributed by atoms with van der Waals surface area (Å²) in [5.74, 6) is 0.103. The zero-order valence-electron chi connectivity index (χ0n) is 12.3. The molecule has 2 aromatic rings. The van der Waals surface area contributed by atoms with E-state index >= 15 is 0 Å². The van der Waals surface area contributed by atoms with Gasteiger partial charge in [-0.2, -0.15) is 0 Å². The van der Waals surface area contributed by atoms with Crippen LogP contribution in [0.15, 0.2) is 30.3 Å². The second-order valence-electron chi connectivity index (χ2n) is 5.42. The van der Waals surface area contributed by atoms with E-state index in [9.17, 15) is 13.5 Å². The highest BCUT2D eigenvalue weighted by atomic mass is 32.2. The maximum Gasteiger partial charge on any atom is 0.211 e. The molecule has 1 unspecified atom stereocenters. The van der Waals surface area contributed by atoms with E-state index in [-0.39, 0.29) is 12.3 Å². The van der Waals surface area contributed by atoms with Gasteiger partial charge in [0.25, 0.3) is 0 Å². The Labute approximate surface area is 129 Å². The Bertz CT molecular complexity index is 672. The largest absolute Gasteiger partial charge is 0.383 e. The Balaban J connectivity index is 2.11. The molecule has 0 spiro atoms. The maximum absolute atomic E-state index is 11.8. The fourth-order valence-corrected chi connectivity index (χ4v) is 4.41. The van der Waals surface area contributed by atoms with Crippen LogP contribution in [0.2, 0.25) is 0 Å². The van der Waals surface area contributed by atoms with E-state index in [0.29, 0.717) is 6.42 Å². The molecule has 2 rings (SSSR count). The van der Waals surface area contributed by atoms with Crippen molar-refractivity contribution in [3.05, 3.63) is 35.2 Å². The van der Waals surface area contributed by atoms with Gasteiger partial charge >= 0.3 is 0 Å². The van der Waals surface area contributed by atoms with Crippen LogP contribution in [-0.2, 0) is 15.6 Å². The summed E-state index contributed by atoms with van der Waals surface area (Å²) in [6.45, 7) is 3.58. The summed E-state index contributed by atoms with van der Waals surface area (Å²) >= 11 is 1.49. The molecule has 0 fully saturated rings. The van der Waals surface area contributed by atoms with Crippen LogP contribution in [-0.4, -0.2) is 25.8 Å². The van der Waals surface area contributed by atoms with Crippen LogP contribution in [0.3, 0.4) is 0 Å². The summed E-state index contributed by atoms with van der Waals surface area (Å²) in [6, 6.07) is 9.79. The van der Waals surface area contributed by atoms with Gasteiger partial charge in [-0.1, -0.05) is 31.5 Å². The van der Waals surface area contributed by atoms with E-state index in [0.717, 1.165) is 21.4 Å². The maximum atomic E-state index is 11.8. The van der Waals surface area contributed by atoms with Crippen LogP contribution in [0.25, 0.3) is 10.1 Å². The van der Waals surface area contributed by atoms with Gasteiger partial charge in [-0.05, 0) is 30.9 Å². The molecule has 1 atom stereocenters.